The molecule has 0 radical (unpaired) electrons. The molecule has 0 nitrogen and oxygen atoms in total. The summed E-state index contributed by atoms with van der Waals surface area (Å²) in [6.07, 6.45) is 43.4. The van der Waals surface area contributed by atoms with Crippen molar-refractivity contribution in [3.63, 3.8) is 0 Å². The summed E-state index contributed by atoms with van der Waals surface area (Å²) in [6, 6.07) is 0. The second-order valence-electron chi connectivity index (χ2n) is 9.47. The summed E-state index contributed by atoms with van der Waals surface area (Å²) in [6.45, 7) is 4.59. The van der Waals surface area contributed by atoms with Crippen LogP contribution in [-0.4, -0.2) is 0 Å². The second-order valence-corrected chi connectivity index (χ2v) is 9.47. The molecule has 0 spiro atoms. The smallest absolute Gasteiger partial charge is 0.0169 e. The van der Waals surface area contributed by atoms with Crippen LogP contribution in [0.3, 0.4) is 0 Å². The van der Waals surface area contributed by atoms with E-state index in [0.717, 1.165) is 6.42 Å². The fraction of sp³-hybridized carbons (Fsp3) is 0.867. The lowest BCUT2D eigenvalue weighted by Crippen LogP contribution is -1.82. The fourth-order valence-electron chi connectivity index (χ4n) is 4.18. The molecule has 0 aliphatic heterocycles. The highest BCUT2D eigenvalue weighted by Gasteiger charge is 1.93. The zero-order valence-corrected chi connectivity index (χ0v) is 21.3. The molecule has 0 fully saturated rings. The molecule has 0 amide bonds. The summed E-state index contributed by atoms with van der Waals surface area (Å²) in [5.41, 5.74) is 0. The van der Waals surface area contributed by atoms with Gasteiger partial charge in [-0.15, -0.1) is 0 Å². The maximum atomic E-state index is 2.40. The first-order valence-electron chi connectivity index (χ1n) is 14.2. The summed E-state index contributed by atoms with van der Waals surface area (Å²) in [5.74, 6) is 0. The Balaban J connectivity index is 3.14. The summed E-state index contributed by atoms with van der Waals surface area (Å²) in [4.78, 5) is 0. The lowest BCUT2D eigenvalue weighted by molar-refractivity contribution is 0.550. The number of hydrogen-bond donors (Lipinski definition) is 0. The van der Waals surface area contributed by atoms with Crippen LogP contribution < -0.4 is 0 Å². The Morgan fingerprint density at radius 2 is 0.567 bits per heavy atom. The average molecular weight is 419 g/mol. The van der Waals surface area contributed by atoms with Crippen molar-refractivity contribution in [2.75, 3.05) is 0 Å². The van der Waals surface area contributed by atoms with Crippen LogP contribution >= 0.6 is 0 Å². The average Bonchev–Trinajstić information content (AvgIpc) is 2.76. The Hall–Kier alpha value is -0.520. The minimum Gasteiger partial charge on any atom is -0.0882 e. The van der Waals surface area contributed by atoms with Gasteiger partial charge < -0.3 is 0 Å². The second kappa shape index (κ2) is 28.5. The predicted molar refractivity (Wildman–Crippen MR) is 140 cm³/mol. The van der Waals surface area contributed by atoms with Crippen molar-refractivity contribution in [3.05, 3.63) is 24.3 Å². The van der Waals surface area contributed by atoms with Gasteiger partial charge in [0.15, 0.2) is 0 Å². The van der Waals surface area contributed by atoms with Crippen LogP contribution in [0.15, 0.2) is 24.3 Å². The zero-order valence-electron chi connectivity index (χ0n) is 21.3. The van der Waals surface area contributed by atoms with Gasteiger partial charge in [0.25, 0.3) is 0 Å². The summed E-state index contributed by atoms with van der Waals surface area (Å²) in [7, 11) is 0. The van der Waals surface area contributed by atoms with Gasteiger partial charge in [-0.05, 0) is 32.1 Å². The van der Waals surface area contributed by atoms with E-state index in [-0.39, 0.29) is 0 Å². The largest absolute Gasteiger partial charge is 0.0882 e. The van der Waals surface area contributed by atoms with E-state index in [2.05, 4.69) is 38.2 Å². The standard InChI is InChI=1S/C30H58/c1-3-5-7-9-11-13-15-17-19-21-23-25-27-29-30-28-26-24-22-20-18-16-14-12-10-8-6-4-2/h25,27-28,30H,3-24,26,29H2,1-2H3. The van der Waals surface area contributed by atoms with Crippen LogP contribution in [0.5, 0.6) is 0 Å². The Morgan fingerprint density at radius 1 is 0.300 bits per heavy atom. The first-order valence-corrected chi connectivity index (χ1v) is 14.2. The highest BCUT2D eigenvalue weighted by atomic mass is 14.0. The molecular formula is C30H58. The van der Waals surface area contributed by atoms with Gasteiger partial charge in [-0.25, -0.2) is 0 Å². The van der Waals surface area contributed by atoms with Crippen LogP contribution in [0, 0.1) is 0 Å². The van der Waals surface area contributed by atoms with Gasteiger partial charge in [0, 0.05) is 0 Å². The molecule has 0 aromatic carbocycles. The highest BCUT2D eigenvalue weighted by Crippen LogP contribution is 2.13. The summed E-state index contributed by atoms with van der Waals surface area (Å²) >= 11 is 0. The van der Waals surface area contributed by atoms with E-state index in [9.17, 15) is 0 Å². The van der Waals surface area contributed by atoms with Crippen molar-refractivity contribution in [1.82, 2.24) is 0 Å². The lowest BCUT2D eigenvalue weighted by atomic mass is 10.1. The summed E-state index contributed by atoms with van der Waals surface area (Å²) in [5, 5.41) is 0. The van der Waals surface area contributed by atoms with E-state index in [4.69, 9.17) is 0 Å². The first kappa shape index (κ1) is 29.5. The SMILES string of the molecule is CCCCCCCCCCCCC=CCC=CCCCCCCCCCCCCC. The van der Waals surface area contributed by atoms with E-state index < -0.39 is 0 Å². The Bertz CT molecular complexity index is 338. The van der Waals surface area contributed by atoms with Crippen molar-refractivity contribution >= 4 is 0 Å². The molecule has 0 aliphatic carbocycles. The maximum absolute atomic E-state index is 2.40. The van der Waals surface area contributed by atoms with Crippen LogP contribution in [0.2, 0.25) is 0 Å². The molecule has 0 aromatic rings. The Morgan fingerprint density at radius 3 is 0.867 bits per heavy atom. The summed E-state index contributed by atoms with van der Waals surface area (Å²) < 4.78 is 0. The van der Waals surface area contributed by atoms with Crippen LogP contribution in [-0.2, 0) is 0 Å². The van der Waals surface area contributed by atoms with E-state index in [1.165, 1.54) is 148 Å². The highest BCUT2D eigenvalue weighted by molar-refractivity contribution is 4.92. The van der Waals surface area contributed by atoms with Crippen molar-refractivity contribution < 1.29 is 0 Å². The Labute approximate surface area is 192 Å². The number of allylic oxidation sites excluding steroid dienone is 4. The van der Waals surface area contributed by atoms with Gasteiger partial charge in [-0.3, -0.25) is 0 Å². The zero-order chi connectivity index (χ0) is 21.8. The fourth-order valence-corrected chi connectivity index (χ4v) is 4.18. The third kappa shape index (κ3) is 27.5. The van der Waals surface area contributed by atoms with Gasteiger partial charge in [0.1, 0.15) is 0 Å². The number of rotatable bonds is 25. The monoisotopic (exact) mass is 418 g/mol. The number of hydrogen-bond acceptors (Lipinski definition) is 0. The van der Waals surface area contributed by atoms with Crippen LogP contribution in [0.4, 0.5) is 0 Å². The van der Waals surface area contributed by atoms with E-state index >= 15 is 0 Å². The minimum absolute atomic E-state index is 1.13. The van der Waals surface area contributed by atoms with Gasteiger partial charge in [0.2, 0.25) is 0 Å². The third-order valence-corrected chi connectivity index (χ3v) is 6.30. The third-order valence-electron chi connectivity index (χ3n) is 6.30. The quantitative estimate of drug-likeness (QED) is 0.102. The van der Waals surface area contributed by atoms with Gasteiger partial charge in [-0.2, -0.15) is 0 Å². The van der Waals surface area contributed by atoms with E-state index in [1.807, 2.05) is 0 Å². The molecule has 0 N–H and O–H groups in total. The Kier molecular flexibility index (Phi) is 28.0. The molecular weight excluding hydrogens is 360 g/mol. The van der Waals surface area contributed by atoms with Crippen molar-refractivity contribution in [3.8, 4) is 0 Å². The van der Waals surface area contributed by atoms with Crippen molar-refractivity contribution in [1.29, 1.82) is 0 Å². The molecule has 0 rings (SSSR count). The molecule has 0 heteroatoms. The molecule has 0 atom stereocenters. The molecule has 178 valence electrons. The molecule has 0 unspecified atom stereocenters. The molecule has 0 heterocycles. The van der Waals surface area contributed by atoms with Crippen LogP contribution in [0.1, 0.15) is 168 Å². The van der Waals surface area contributed by atoms with Gasteiger partial charge in [-0.1, -0.05) is 160 Å². The van der Waals surface area contributed by atoms with Crippen LogP contribution in [0.25, 0.3) is 0 Å². The minimum atomic E-state index is 1.13. The van der Waals surface area contributed by atoms with Gasteiger partial charge >= 0.3 is 0 Å². The molecule has 0 bridgehead atoms. The van der Waals surface area contributed by atoms with Gasteiger partial charge in [0.05, 0.1) is 0 Å². The molecule has 0 saturated heterocycles. The van der Waals surface area contributed by atoms with Crippen molar-refractivity contribution in [2.45, 2.75) is 168 Å². The lowest BCUT2D eigenvalue weighted by Gasteiger charge is -2.01. The van der Waals surface area contributed by atoms with E-state index in [0.29, 0.717) is 0 Å². The normalized spacial score (nSPS) is 11.9. The molecule has 30 heavy (non-hydrogen) atoms. The number of unbranched alkanes of at least 4 members (excludes halogenated alkanes) is 21. The first-order chi connectivity index (χ1) is 14.9. The predicted octanol–water partition coefficient (Wildman–Crippen LogP) is 11.5. The van der Waals surface area contributed by atoms with E-state index in [1.54, 1.807) is 0 Å². The molecule has 0 saturated carbocycles. The molecule has 0 aliphatic rings. The van der Waals surface area contributed by atoms with Crippen molar-refractivity contribution in [2.24, 2.45) is 0 Å². The topological polar surface area (TPSA) is 0 Å². The molecule has 0 aromatic heterocycles. The maximum Gasteiger partial charge on any atom is -0.0169 e.